The largest absolute Gasteiger partial charge is 0.492 e. The monoisotopic (exact) mass is 729 g/mol. The maximum atomic E-state index is 12.9. The van der Waals surface area contributed by atoms with E-state index in [9.17, 15) is 13.5 Å². The van der Waals surface area contributed by atoms with Crippen LogP contribution in [0, 0.1) is 0 Å². The van der Waals surface area contributed by atoms with E-state index in [0.29, 0.717) is 47.5 Å². The molecule has 4 aromatic rings. The Bertz CT molecular complexity index is 1830. The molecule has 262 valence electrons. The molecule has 2 N–H and O–H groups in total. The molecule has 0 saturated heterocycles. The van der Waals surface area contributed by atoms with E-state index in [2.05, 4.69) is 37.2 Å². The SMILES string of the molecule is CCCCc1ccc(Oc2nn(CCOCCC)c(O)c2/N=N/c2ccc(/N=N/c3cc(Cl)cc(Cl)c3)c(NS(=O)(=O)CCCC)c2)cc1. The third-order valence-electron chi connectivity index (χ3n) is 7.02. The third kappa shape index (κ3) is 11.8. The van der Waals surface area contributed by atoms with Gasteiger partial charge in [0.25, 0.3) is 5.88 Å². The molecule has 0 bridgehead atoms. The zero-order chi connectivity index (χ0) is 35.2. The number of nitrogens with zero attached hydrogens (tertiary/aromatic N) is 6. The van der Waals surface area contributed by atoms with Crippen molar-refractivity contribution in [2.75, 3.05) is 23.7 Å². The Morgan fingerprint density at radius 2 is 1.55 bits per heavy atom. The van der Waals surface area contributed by atoms with Crippen LogP contribution >= 0.6 is 23.2 Å². The van der Waals surface area contributed by atoms with Crippen molar-refractivity contribution in [2.45, 2.75) is 65.8 Å². The number of hydrogen-bond acceptors (Lipinski definition) is 10. The van der Waals surface area contributed by atoms with E-state index in [1.165, 1.54) is 16.3 Å². The molecular formula is C34H41Cl2N7O5S. The molecule has 1 heterocycles. The fourth-order valence-corrected chi connectivity index (χ4v) is 6.26. The van der Waals surface area contributed by atoms with E-state index in [0.717, 1.165) is 25.7 Å². The van der Waals surface area contributed by atoms with Crippen LogP contribution < -0.4 is 9.46 Å². The number of aromatic hydroxyl groups is 1. The molecule has 0 aliphatic heterocycles. The van der Waals surface area contributed by atoms with E-state index in [1.807, 2.05) is 38.1 Å². The second kappa shape index (κ2) is 18.6. The summed E-state index contributed by atoms with van der Waals surface area (Å²) >= 11 is 12.2. The van der Waals surface area contributed by atoms with Gasteiger partial charge in [0.1, 0.15) is 11.4 Å². The summed E-state index contributed by atoms with van der Waals surface area (Å²) in [7, 11) is -3.72. The van der Waals surface area contributed by atoms with Crippen molar-refractivity contribution >= 4 is 61.7 Å². The number of sulfonamides is 1. The summed E-state index contributed by atoms with van der Waals surface area (Å²) in [4.78, 5) is 0. The highest BCUT2D eigenvalue weighted by Gasteiger charge is 2.20. The molecule has 1 aromatic heterocycles. The zero-order valence-corrected chi connectivity index (χ0v) is 30.1. The van der Waals surface area contributed by atoms with Crippen LogP contribution in [0.1, 0.15) is 58.4 Å². The van der Waals surface area contributed by atoms with Gasteiger partial charge in [0, 0.05) is 16.7 Å². The number of hydrogen-bond donors (Lipinski definition) is 2. The summed E-state index contributed by atoms with van der Waals surface area (Å²) in [6.45, 7) is 7.22. The predicted octanol–water partition coefficient (Wildman–Crippen LogP) is 10.8. The van der Waals surface area contributed by atoms with Crippen LogP contribution in [0.2, 0.25) is 10.0 Å². The summed E-state index contributed by atoms with van der Waals surface area (Å²) in [5.74, 6) is 0.224. The number of aryl methyl sites for hydroxylation is 1. The molecule has 0 atom stereocenters. The first-order chi connectivity index (χ1) is 23.6. The summed E-state index contributed by atoms with van der Waals surface area (Å²) in [5.41, 5.74) is 2.20. The Balaban J connectivity index is 1.67. The molecule has 0 spiro atoms. The van der Waals surface area contributed by atoms with E-state index in [4.69, 9.17) is 32.7 Å². The molecule has 0 amide bonds. The van der Waals surface area contributed by atoms with Gasteiger partial charge in [-0.2, -0.15) is 10.2 Å². The summed E-state index contributed by atoms with van der Waals surface area (Å²) in [5, 5.41) is 33.3. The van der Waals surface area contributed by atoms with Crippen molar-refractivity contribution in [3.63, 3.8) is 0 Å². The first-order valence-electron chi connectivity index (χ1n) is 16.2. The van der Waals surface area contributed by atoms with Gasteiger partial charge in [-0.15, -0.1) is 15.3 Å². The lowest BCUT2D eigenvalue weighted by Gasteiger charge is -2.10. The Morgan fingerprint density at radius 3 is 2.24 bits per heavy atom. The topological polar surface area (TPSA) is 152 Å². The zero-order valence-electron chi connectivity index (χ0n) is 27.8. The molecule has 0 unspecified atom stereocenters. The molecule has 0 aliphatic rings. The van der Waals surface area contributed by atoms with Crippen LogP contribution in [0.25, 0.3) is 0 Å². The minimum absolute atomic E-state index is 0.00257. The second-order valence-electron chi connectivity index (χ2n) is 11.2. The number of nitrogens with one attached hydrogen (secondary N) is 1. The highest BCUT2D eigenvalue weighted by atomic mass is 35.5. The standard InChI is InChI=1S/C34H41Cl2N7O5S/c1-4-7-9-24-10-13-29(14-11-24)48-33-32(34(44)43(41-33)16-18-47-17-6-3)40-37-27-12-15-30(31(23-27)42-49(45,46)19-8-5-2)39-38-28-21-25(35)20-26(36)22-28/h10-15,20-23,42,44H,4-9,16-19H2,1-3H3/b39-38+,40-37+. The number of aromatic nitrogens is 2. The van der Waals surface area contributed by atoms with Gasteiger partial charge in [-0.05, 0) is 79.8 Å². The summed E-state index contributed by atoms with van der Waals surface area (Å²) in [6.07, 6.45) is 5.19. The average molecular weight is 731 g/mol. The van der Waals surface area contributed by atoms with Crippen LogP contribution in [0.4, 0.5) is 28.4 Å². The molecule has 15 heteroatoms. The fraction of sp³-hybridized carbons (Fsp3) is 0.382. The number of benzene rings is 3. The van der Waals surface area contributed by atoms with Crippen molar-refractivity contribution in [2.24, 2.45) is 20.5 Å². The average Bonchev–Trinajstić information content (AvgIpc) is 3.36. The van der Waals surface area contributed by atoms with Crippen molar-refractivity contribution in [3.05, 3.63) is 76.3 Å². The lowest BCUT2D eigenvalue weighted by atomic mass is 10.1. The van der Waals surface area contributed by atoms with Gasteiger partial charge < -0.3 is 14.6 Å². The fourth-order valence-electron chi connectivity index (χ4n) is 4.47. The van der Waals surface area contributed by atoms with Crippen molar-refractivity contribution < 1.29 is 23.0 Å². The van der Waals surface area contributed by atoms with E-state index >= 15 is 0 Å². The lowest BCUT2D eigenvalue weighted by molar-refractivity contribution is 0.122. The van der Waals surface area contributed by atoms with Gasteiger partial charge in [-0.25, -0.2) is 13.1 Å². The number of anilines is 1. The molecule has 4 rings (SSSR count). The number of azo groups is 2. The molecule has 0 saturated carbocycles. The molecular weight excluding hydrogens is 689 g/mol. The molecule has 12 nitrogen and oxygen atoms in total. The molecule has 3 aromatic carbocycles. The third-order valence-corrected chi connectivity index (χ3v) is 8.81. The van der Waals surface area contributed by atoms with E-state index in [-0.39, 0.29) is 46.8 Å². The molecule has 0 fully saturated rings. The molecule has 0 aliphatic carbocycles. The van der Waals surface area contributed by atoms with Crippen LogP contribution in [0.5, 0.6) is 17.5 Å². The minimum atomic E-state index is -3.72. The van der Waals surface area contributed by atoms with Crippen molar-refractivity contribution in [3.8, 4) is 17.5 Å². The van der Waals surface area contributed by atoms with E-state index < -0.39 is 10.0 Å². The highest BCUT2D eigenvalue weighted by molar-refractivity contribution is 7.92. The van der Waals surface area contributed by atoms with Crippen LogP contribution in [0.15, 0.2) is 81.1 Å². The van der Waals surface area contributed by atoms with Crippen LogP contribution in [-0.2, 0) is 27.7 Å². The number of rotatable bonds is 19. The normalized spacial score (nSPS) is 11.9. The van der Waals surface area contributed by atoms with Gasteiger partial charge in [-0.1, -0.05) is 68.9 Å². The van der Waals surface area contributed by atoms with Crippen LogP contribution in [-0.4, -0.2) is 42.3 Å². The van der Waals surface area contributed by atoms with E-state index in [1.54, 1.807) is 30.3 Å². The molecule has 0 radical (unpaired) electrons. The summed E-state index contributed by atoms with van der Waals surface area (Å²) in [6, 6.07) is 17.0. The van der Waals surface area contributed by atoms with Gasteiger partial charge in [0.15, 0.2) is 0 Å². The van der Waals surface area contributed by atoms with Crippen molar-refractivity contribution in [1.82, 2.24) is 9.78 Å². The van der Waals surface area contributed by atoms with Crippen molar-refractivity contribution in [1.29, 1.82) is 0 Å². The first-order valence-corrected chi connectivity index (χ1v) is 18.6. The number of halogens is 2. The smallest absolute Gasteiger partial charge is 0.270 e. The van der Waals surface area contributed by atoms with Gasteiger partial charge in [0.05, 0.1) is 36.0 Å². The number of unbranched alkanes of at least 4 members (excludes halogenated alkanes) is 2. The van der Waals surface area contributed by atoms with Crippen LogP contribution in [0.3, 0.4) is 0 Å². The van der Waals surface area contributed by atoms with Gasteiger partial charge in [0.2, 0.25) is 21.6 Å². The first kappa shape index (κ1) is 37.8. The Labute approximate surface area is 297 Å². The van der Waals surface area contributed by atoms with Gasteiger partial charge in [-0.3, -0.25) is 4.72 Å². The quantitative estimate of drug-likeness (QED) is 0.0723. The predicted molar refractivity (Wildman–Crippen MR) is 194 cm³/mol. The maximum absolute atomic E-state index is 12.9. The Hall–Kier alpha value is -4.04. The molecule has 49 heavy (non-hydrogen) atoms. The lowest BCUT2D eigenvalue weighted by Crippen LogP contribution is -2.16. The van der Waals surface area contributed by atoms with Gasteiger partial charge >= 0.3 is 0 Å². The highest BCUT2D eigenvalue weighted by Crippen LogP contribution is 2.41. The number of ether oxygens (including phenoxy) is 2. The summed E-state index contributed by atoms with van der Waals surface area (Å²) < 4.78 is 41.3. The Kier molecular flexibility index (Phi) is 14.4. The minimum Gasteiger partial charge on any atom is -0.492 e. The Morgan fingerprint density at radius 1 is 0.837 bits per heavy atom. The second-order valence-corrected chi connectivity index (χ2v) is 13.9. The maximum Gasteiger partial charge on any atom is 0.270 e.